The van der Waals surface area contributed by atoms with Crippen molar-refractivity contribution in [3.63, 3.8) is 0 Å². The largest absolute Gasteiger partial charge is 0.311 e. The van der Waals surface area contributed by atoms with E-state index in [0.717, 1.165) is 25.7 Å². The van der Waals surface area contributed by atoms with Gasteiger partial charge in [-0.25, -0.2) is 4.39 Å². The summed E-state index contributed by atoms with van der Waals surface area (Å²) in [6, 6.07) is 7.25. The first-order valence-corrected chi connectivity index (χ1v) is 6.29. The molecule has 2 aliphatic rings. The minimum Gasteiger partial charge on any atom is -0.311 e. The third kappa shape index (κ3) is 2.00. The molecule has 2 heterocycles. The van der Waals surface area contributed by atoms with Crippen molar-refractivity contribution in [2.24, 2.45) is 5.92 Å². The van der Waals surface area contributed by atoms with Gasteiger partial charge in [-0.15, -0.1) is 0 Å². The molecule has 0 amide bonds. The molecule has 0 radical (unpaired) electrons. The second-order valence-corrected chi connectivity index (χ2v) is 5.15. The first kappa shape index (κ1) is 10.9. The monoisotopic (exact) mass is 233 g/mol. The Hall–Kier alpha value is -1.22. The SMILES string of the molecule is O=C(c1ccccc1F)C1CC2CCC(C1)N2. The van der Waals surface area contributed by atoms with Crippen LogP contribution in [0.15, 0.2) is 24.3 Å². The lowest BCUT2D eigenvalue weighted by Gasteiger charge is -2.28. The number of Topliss-reactive ketones (excluding diaryl/α,β-unsaturated/α-hetero) is 1. The van der Waals surface area contributed by atoms with E-state index in [9.17, 15) is 9.18 Å². The summed E-state index contributed by atoms with van der Waals surface area (Å²) in [5.74, 6) is -0.393. The smallest absolute Gasteiger partial charge is 0.169 e. The molecule has 2 saturated heterocycles. The van der Waals surface area contributed by atoms with Crippen LogP contribution in [0.25, 0.3) is 0 Å². The predicted molar refractivity (Wildman–Crippen MR) is 63.4 cm³/mol. The van der Waals surface area contributed by atoms with E-state index >= 15 is 0 Å². The van der Waals surface area contributed by atoms with Crippen LogP contribution in [-0.4, -0.2) is 17.9 Å². The molecule has 2 aliphatic heterocycles. The van der Waals surface area contributed by atoms with Gasteiger partial charge in [0.25, 0.3) is 0 Å². The number of benzene rings is 1. The number of ketones is 1. The first-order chi connectivity index (χ1) is 8.24. The molecule has 17 heavy (non-hydrogen) atoms. The second kappa shape index (κ2) is 4.22. The van der Waals surface area contributed by atoms with Crippen molar-refractivity contribution >= 4 is 5.78 Å². The maximum atomic E-state index is 13.6. The van der Waals surface area contributed by atoms with Gasteiger partial charge in [-0.3, -0.25) is 4.79 Å². The molecule has 1 aromatic rings. The van der Waals surface area contributed by atoms with Gasteiger partial charge in [0, 0.05) is 18.0 Å². The first-order valence-electron chi connectivity index (χ1n) is 6.29. The number of rotatable bonds is 2. The van der Waals surface area contributed by atoms with Crippen molar-refractivity contribution in [1.82, 2.24) is 5.32 Å². The Morgan fingerprint density at radius 1 is 1.18 bits per heavy atom. The molecule has 2 atom stereocenters. The highest BCUT2D eigenvalue weighted by Gasteiger charge is 2.37. The summed E-state index contributed by atoms with van der Waals surface area (Å²) in [5, 5.41) is 3.50. The maximum Gasteiger partial charge on any atom is 0.169 e. The van der Waals surface area contributed by atoms with Gasteiger partial charge in [0.2, 0.25) is 0 Å². The molecule has 3 heteroatoms. The van der Waals surface area contributed by atoms with Crippen LogP contribution >= 0.6 is 0 Å². The van der Waals surface area contributed by atoms with Gasteiger partial charge in [-0.1, -0.05) is 12.1 Å². The predicted octanol–water partition coefficient (Wildman–Crippen LogP) is 2.54. The lowest BCUT2D eigenvalue weighted by atomic mass is 9.86. The molecule has 0 aromatic heterocycles. The molecule has 0 saturated carbocycles. The summed E-state index contributed by atoms with van der Waals surface area (Å²) in [7, 11) is 0. The van der Waals surface area contributed by atoms with Crippen molar-refractivity contribution in [3.05, 3.63) is 35.6 Å². The Kier molecular flexibility index (Phi) is 2.71. The van der Waals surface area contributed by atoms with Gasteiger partial charge in [0.05, 0.1) is 5.56 Å². The third-order valence-electron chi connectivity index (χ3n) is 3.98. The van der Waals surface area contributed by atoms with Gasteiger partial charge in [-0.2, -0.15) is 0 Å². The number of hydrogen-bond donors (Lipinski definition) is 1. The van der Waals surface area contributed by atoms with Crippen LogP contribution in [0, 0.1) is 11.7 Å². The number of hydrogen-bond acceptors (Lipinski definition) is 2. The minimum atomic E-state index is -0.386. The normalized spacial score (nSPS) is 31.5. The number of halogens is 1. The minimum absolute atomic E-state index is 0.00523. The number of carbonyl (C=O) groups excluding carboxylic acids is 1. The Balaban J connectivity index is 1.81. The fourth-order valence-corrected chi connectivity index (χ4v) is 3.15. The summed E-state index contributed by atoms with van der Waals surface area (Å²) >= 11 is 0. The summed E-state index contributed by atoms with van der Waals surface area (Å²) in [4.78, 5) is 12.3. The highest BCUT2D eigenvalue weighted by Crippen LogP contribution is 2.33. The van der Waals surface area contributed by atoms with Gasteiger partial charge in [0.15, 0.2) is 5.78 Å². The fourth-order valence-electron chi connectivity index (χ4n) is 3.15. The average molecular weight is 233 g/mol. The van der Waals surface area contributed by atoms with Crippen LogP contribution in [0.3, 0.4) is 0 Å². The number of carbonyl (C=O) groups is 1. The van der Waals surface area contributed by atoms with Gasteiger partial charge in [0.1, 0.15) is 5.82 Å². The molecule has 1 N–H and O–H groups in total. The molecular weight excluding hydrogens is 217 g/mol. The van der Waals surface area contributed by atoms with Crippen molar-refractivity contribution < 1.29 is 9.18 Å². The maximum absolute atomic E-state index is 13.6. The highest BCUT2D eigenvalue weighted by atomic mass is 19.1. The van der Waals surface area contributed by atoms with Crippen LogP contribution in [0.2, 0.25) is 0 Å². The molecule has 90 valence electrons. The number of piperidine rings is 1. The van der Waals surface area contributed by atoms with E-state index in [1.54, 1.807) is 18.2 Å². The van der Waals surface area contributed by atoms with E-state index in [2.05, 4.69) is 5.32 Å². The number of fused-ring (bicyclic) bond motifs is 2. The van der Waals surface area contributed by atoms with Gasteiger partial charge in [-0.05, 0) is 37.8 Å². The summed E-state index contributed by atoms with van der Waals surface area (Å²) in [6.07, 6.45) is 4.05. The van der Waals surface area contributed by atoms with Crippen LogP contribution < -0.4 is 5.32 Å². The van der Waals surface area contributed by atoms with Crippen molar-refractivity contribution in [2.75, 3.05) is 0 Å². The second-order valence-electron chi connectivity index (χ2n) is 5.15. The lowest BCUT2D eigenvalue weighted by Crippen LogP contribution is -2.40. The Labute approximate surface area is 100 Å². The Morgan fingerprint density at radius 2 is 1.82 bits per heavy atom. The standard InChI is InChI=1S/C14H16FNO/c15-13-4-2-1-3-12(13)14(17)9-7-10-5-6-11(8-9)16-10/h1-4,9-11,16H,5-8H2. The molecule has 3 rings (SSSR count). The highest BCUT2D eigenvalue weighted by molar-refractivity contribution is 5.98. The van der Waals surface area contributed by atoms with E-state index in [-0.39, 0.29) is 23.1 Å². The Morgan fingerprint density at radius 3 is 2.47 bits per heavy atom. The van der Waals surface area contributed by atoms with Crippen LogP contribution in [0.4, 0.5) is 4.39 Å². The zero-order chi connectivity index (χ0) is 11.8. The zero-order valence-electron chi connectivity index (χ0n) is 9.66. The summed E-state index contributed by atoms with van der Waals surface area (Å²) in [6.45, 7) is 0. The average Bonchev–Trinajstić information content (AvgIpc) is 2.68. The van der Waals surface area contributed by atoms with E-state index in [4.69, 9.17) is 0 Å². The molecule has 1 aromatic carbocycles. The number of nitrogens with one attached hydrogen (secondary N) is 1. The lowest BCUT2D eigenvalue weighted by molar-refractivity contribution is 0.0871. The molecule has 2 bridgehead atoms. The topological polar surface area (TPSA) is 29.1 Å². The van der Waals surface area contributed by atoms with Gasteiger partial charge < -0.3 is 5.32 Å². The van der Waals surface area contributed by atoms with E-state index < -0.39 is 0 Å². The van der Waals surface area contributed by atoms with E-state index in [1.807, 2.05) is 0 Å². The van der Waals surface area contributed by atoms with Crippen molar-refractivity contribution in [1.29, 1.82) is 0 Å². The third-order valence-corrected chi connectivity index (χ3v) is 3.98. The molecule has 2 nitrogen and oxygen atoms in total. The molecule has 0 aliphatic carbocycles. The molecule has 2 unspecified atom stereocenters. The van der Waals surface area contributed by atoms with Crippen LogP contribution in [-0.2, 0) is 0 Å². The van der Waals surface area contributed by atoms with E-state index in [0.29, 0.717) is 12.1 Å². The molecule has 2 fully saturated rings. The summed E-state index contributed by atoms with van der Waals surface area (Å²) in [5.41, 5.74) is 0.263. The fraction of sp³-hybridized carbons (Fsp3) is 0.500. The van der Waals surface area contributed by atoms with E-state index in [1.165, 1.54) is 6.07 Å². The van der Waals surface area contributed by atoms with Crippen molar-refractivity contribution in [2.45, 2.75) is 37.8 Å². The molecular formula is C14H16FNO. The van der Waals surface area contributed by atoms with Crippen LogP contribution in [0.5, 0.6) is 0 Å². The van der Waals surface area contributed by atoms with Gasteiger partial charge >= 0.3 is 0 Å². The zero-order valence-corrected chi connectivity index (χ0v) is 9.66. The quantitative estimate of drug-likeness (QED) is 0.795. The summed E-state index contributed by atoms with van der Waals surface area (Å²) < 4.78 is 13.6. The van der Waals surface area contributed by atoms with Crippen molar-refractivity contribution in [3.8, 4) is 0 Å². The Bertz CT molecular complexity index is 434. The molecule has 0 spiro atoms. The van der Waals surface area contributed by atoms with Crippen LogP contribution in [0.1, 0.15) is 36.0 Å².